The van der Waals surface area contributed by atoms with Crippen molar-refractivity contribution in [1.82, 2.24) is 29.7 Å². The summed E-state index contributed by atoms with van der Waals surface area (Å²) in [6.45, 7) is 3.55. The molecule has 3 aromatic rings. The molecule has 0 aromatic carbocycles. The van der Waals surface area contributed by atoms with Gasteiger partial charge in [-0.1, -0.05) is 6.07 Å². The van der Waals surface area contributed by atoms with Crippen LogP contribution in [0.25, 0.3) is 5.65 Å². The minimum Gasteiger partial charge on any atom is -0.475 e. The molecule has 4 heterocycles. The Kier molecular flexibility index (Phi) is 11.6. The van der Waals surface area contributed by atoms with Crippen LogP contribution in [-0.2, 0) is 16.0 Å². The SMILES string of the molecule is CN1CCN(C)C(c2nnc3ccc(C(=O)NCCc4cccs4)cn23)C1.O=C(O)C(F)(F)F.O=C(O)C(F)(F)F. The van der Waals surface area contributed by atoms with E-state index in [1.54, 1.807) is 11.3 Å². The Hall–Kier alpha value is -3.77. The van der Waals surface area contributed by atoms with E-state index in [1.807, 2.05) is 28.8 Å². The maximum Gasteiger partial charge on any atom is 0.490 e. The highest BCUT2D eigenvalue weighted by atomic mass is 32.1. The third kappa shape index (κ3) is 10.3. The Morgan fingerprint density at radius 3 is 2.15 bits per heavy atom. The van der Waals surface area contributed by atoms with Crippen LogP contribution in [0, 0.1) is 0 Å². The molecule has 4 rings (SSSR count). The molecule has 1 fully saturated rings. The third-order valence-electron chi connectivity index (χ3n) is 5.56. The van der Waals surface area contributed by atoms with E-state index >= 15 is 0 Å². The van der Waals surface area contributed by atoms with Gasteiger partial charge in [-0.2, -0.15) is 26.3 Å². The zero-order chi connectivity index (χ0) is 31.0. The number of halogens is 6. The molecule has 1 atom stereocenters. The van der Waals surface area contributed by atoms with E-state index in [4.69, 9.17) is 19.8 Å². The standard InChI is InChI=1S/C19H24N6OS.2C2HF3O2/c1-23-9-10-24(2)16(13-23)18-22-21-17-6-5-14(12-25(17)18)19(26)20-8-7-15-4-3-11-27-15;2*3-2(4,5)1(6)7/h3-6,11-12,16H,7-10,13H2,1-2H3,(H,20,26);2*(H,6,7). The molecule has 0 saturated carbocycles. The highest BCUT2D eigenvalue weighted by molar-refractivity contribution is 7.09. The largest absolute Gasteiger partial charge is 0.490 e. The van der Waals surface area contributed by atoms with Gasteiger partial charge in [0.1, 0.15) is 0 Å². The van der Waals surface area contributed by atoms with E-state index < -0.39 is 24.3 Å². The lowest BCUT2D eigenvalue weighted by molar-refractivity contribution is -0.193. The number of aliphatic carboxylic acids is 2. The molecule has 1 aliphatic heterocycles. The average molecular weight is 613 g/mol. The van der Waals surface area contributed by atoms with Crippen LogP contribution in [0.4, 0.5) is 26.3 Å². The highest BCUT2D eigenvalue weighted by Crippen LogP contribution is 2.23. The lowest BCUT2D eigenvalue weighted by Crippen LogP contribution is -2.45. The van der Waals surface area contributed by atoms with E-state index in [2.05, 4.69) is 50.9 Å². The number of amides is 1. The molecule has 0 aliphatic carbocycles. The van der Waals surface area contributed by atoms with E-state index in [0.717, 1.165) is 37.5 Å². The number of carbonyl (C=O) groups is 3. The van der Waals surface area contributed by atoms with Crippen molar-refractivity contribution in [3.05, 3.63) is 52.1 Å². The van der Waals surface area contributed by atoms with Gasteiger partial charge in [-0.15, -0.1) is 21.5 Å². The van der Waals surface area contributed by atoms with Crippen LogP contribution in [0.3, 0.4) is 0 Å². The van der Waals surface area contributed by atoms with E-state index in [-0.39, 0.29) is 11.9 Å². The number of carbonyl (C=O) groups excluding carboxylic acids is 1. The molecule has 0 bridgehead atoms. The number of thiophene rings is 1. The van der Waals surface area contributed by atoms with Gasteiger partial charge in [-0.05, 0) is 44.1 Å². The number of piperazine rings is 1. The molecule has 226 valence electrons. The number of fused-ring (bicyclic) bond motifs is 1. The average Bonchev–Trinajstić information content (AvgIpc) is 3.55. The van der Waals surface area contributed by atoms with Crippen LogP contribution in [0.5, 0.6) is 0 Å². The van der Waals surface area contributed by atoms with Crippen molar-refractivity contribution in [3.8, 4) is 0 Å². The summed E-state index contributed by atoms with van der Waals surface area (Å²) in [6.07, 6.45) is -7.46. The zero-order valence-electron chi connectivity index (χ0n) is 21.6. The Labute approximate surface area is 233 Å². The van der Waals surface area contributed by atoms with Gasteiger partial charge in [-0.25, -0.2) is 9.59 Å². The highest BCUT2D eigenvalue weighted by Gasteiger charge is 2.39. The van der Waals surface area contributed by atoms with Gasteiger partial charge in [0.15, 0.2) is 11.5 Å². The Morgan fingerprint density at radius 1 is 1.00 bits per heavy atom. The van der Waals surface area contributed by atoms with Gasteiger partial charge in [-0.3, -0.25) is 14.1 Å². The van der Waals surface area contributed by atoms with Crippen molar-refractivity contribution in [1.29, 1.82) is 0 Å². The first-order valence-corrected chi connectivity index (χ1v) is 12.5. The summed E-state index contributed by atoms with van der Waals surface area (Å²) in [5, 5.41) is 28.0. The van der Waals surface area contributed by atoms with E-state index in [9.17, 15) is 31.1 Å². The van der Waals surface area contributed by atoms with Crippen LogP contribution in [0.1, 0.15) is 27.1 Å². The topological polar surface area (TPSA) is 140 Å². The third-order valence-corrected chi connectivity index (χ3v) is 6.50. The first kappa shape index (κ1) is 33.4. The molecule has 0 spiro atoms. The Morgan fingerprint density at radius 2 is 1.61 bits per heavy atom. The van der Waals surface area contributed by atoms with E-state index in [1.165, 1.54) is 4.88 Å². The molecule has 3 aromatic heterocycles. The Balaban J connectivity index is 0.000000349. The number of rotatable bonds is 5. The molecule has 1 saturated heterocycles. The minimum atomic E-state index is -5.08. The molecule has 41 heavy (non-hydrogen) atoms. The second kappa shape index (κ2) is 14.2. The first-order valence-electron chi connectivity index (χ1n) is 11.6. The quantitative estimate of drug-likeness (QED) is 0.371. The van der Waals surface area contributed by atoms with Crippen LogP contribution in [-0.4, -0.2) is 105 Å². The van der Waals surface area contributed by atoms with Gasteiger partial charge >= 0.3 is 24.3 Å². The summed E-state index contributed by atoms with van der Waals surface area (Å²) in [4.78, 5) is 36.2. The lowest BCUT2D eigenvalue weighted by Gasteiger charge is -2.36. The first-order chi connectivity index (χ1) is 19.0. The molecule has 3 N–H and O–H groups in total. The summed E-state index contributed by atoms with van der Waals surface area (Å²) in [5.41, 5.74) is 1.39. The van der Waals surface area contributed by atoms with Gasteiger partial charge in [0.05, 0.1) is 11.6 Å². The summed E-state index contributed by atoms with van der Waals surface area (Å²) in [7, 11) is 4.23. The summed E-state index contributed by atoms with van der Waals surface area (Å²) in [5.74, 6) is -4.70. The number of nitrogens with one attached hydrogen (secondary N) is 1. The van der Waals surface area contributed by atoms with Gasteiger partial charge in [0, 0.05) is 37.3 Å². The number of nitrogens with zero attached hydrogens (tertiary/aromatic N) is 5. The maximum atomic E-state index is 12.6. The number of carboxylic acid groups (broad SMARTS) is 2. The van der Waals surface area contributed by atoms with Crippen molar-refractivity contribution >= 4 is 34.8 Å². The fourth-order valence-corrected chi connectivity index (χ4v) is 4.12. The fraction of sp³-hybridized carbons (Fsp3) is 0.435. The molecular weight excluding hydrogens is 586 g/mol. The zero-order valence-corrected chi connectivity index (χ0v) is 22.4. The molecule has 18 heteroatoms. The number of alkyl halides is 6. The predicted molar refractivity (Wildman–Crippen MR) is 134 cm³/mol. The molecule has 1 amide bonds. The van der Waals surface area contributed by atoms with Gasteiger partial charge in [0.2, 0.25) is 0 Å². The maximum absolute atomic E-state index is 12.6. The predicted octanol–water partition coefficient (Wildman–Crippen LogP) is 2.95. The number of pyridine rings is 1. The normalized spacial score (nSPS) is 16.2. The van der Waals surface area contributed by atoms with E-state index in [0.29, 0.717) is 12.1 Å². The lowest BCUT2D eigenvalue weighted by atomic mass is 10.1. The van der Waals surface area contributed by atoms with Gasteiger partial charge < -0.3 is 20.4 Å². The summed E-state index contributed by atoms with van der Waals surface area (Å²) >= 11 is 1.71. The molecule has 1 unspecified atom stereocenters. The van der Waals surface area contributed by atoms with Crippen LogP contribution < -0.4 is 5.32 Å². The summed E-state index contributed by atoms with van der Waals surface area (Å²) < 4.78 is 65.4. The molecule has 11 nitrogen and oxygen atoms in total. The van der Waals surface area contributed by atoms with Crippen molar-refractivity contribution in [2.75, 3.05) is 40.3 Å². The van der Waals surface area contributed by atoms with Gasteiger partial charge in [0.25, 0.3) is 5.91 Å². The second-order valence-electron chi connectivity index (χ2n) is 8.65. The molecule has 0 radical (unpaired) electrons. The minimum absolute atomic E-state index is 0.0674. The molecule has 1 aliphatic rings. The van der Waals surface area contributed by atoms with Crippen molar-refractivity contribution in [2.24, 2.45) is 0 Å². The Bertz CT molecular complexity index is 1290. The van der Waals surface area contributed by atoms with Crippen LogP contribution in [0.2, 0.25) is 0 Å². The van der Waals surface area contributed by atoms with Crippen molar-refractivity contribution in [2.45, 2.75) is 24.8 Å². The number of hydrogen-bond donors (Lipinski definition) is 3. The van der Waals surface area contributed by atoms with Crippen LogP contribution in [0.15, 0.2) is 35.8 Å². The fourth-order valence-electron chi connectivity index (χ4n) is 3.42. The van der Waals surface area contributed by atoms with Crippen LogP contribution >= 0.6 is 11.3 Å². The number of carboxylic acids is 2. The monoisotopic (exact) mass is 612 g/mol. The second-order valence-corrected chi connectivity index (χ2v) is 9.69. The molecular formula is C23H26F6N6O5S. The number of hydrogen-bond acceptors (Lipinski definition) is 8. The smallest absolute Gasteiger partial charge is 0.475 e. The number of aromatic nitrogens is 3. The van der Waals surface area contributed by atoms with Crippen molar-refractivity contribution < 1.29 is 50.9 Å². The number of likely N-dealkylation sites (N-methyl/N-ethyl adjacent to an activating group) is 2. The summed E-state index contributed by atoms with van der Waals surface area (Å²) in [6, 6.07) is 7.95. The van der Waals surface area contributed by atoms with Crippen molar-refractivity contribution in [3.63, 3.8) is 0 Å².